The summed E-state index contributed by atoms with van der Waals surface area (Å²) in [6.07, 6.45) is 0. The largest absolute Gasteiger partial charge is 0.416 e. The first-order valence-electron chi connectivity index (χ1n) is 5.10. The second-order valence-electron chi connectivity index (χ2n) is 6.61. The average molecular weight is 202 g/mol. The van der Waals surface area contributed by atoms with Gasteiger partial charge in [0.2, 0.25) is 0 Å². The Kier molecular flexibility index (Phi) is 3.79. The first kappa shape index (κ1) is 13.2. The van der Waals surface area contributed by atoms with Crippen LogP contribution in [0.5, 0.6) is 0 Å². The molecule has 0 radical (unpaired) electrons. The van der Waals surface area contributed by atoms with Gasteiger partial charge in [-0.25, -0.2) is 0 Å². The van der Waals surface area contributed by atoms with E-state index in [1.54, 1.807) is 0 Å². The first-order chi connectivity index (χ1) is 5.46. The Bertz CT molecular complexity index is 160. The number of hydrogen-bond acceptors (Lipinski definition) is 1. The van der Waals surface area contributed by atoms with Gasteiger partial charge in [0.25, 0.3) is 0 Å². The van der Waals surface area contributed by atoms with Crippen molar-refractivity contribution in [2.45, 2.75) is 59.7 Å². The van der Waals surface area contributed by atoms with Gasteiger partial charge in [-0.1, -0.05) is 41.5 Å². The highest BCUT2D eigenvalue weighted by Crippen LogP contribution is 2.37. The van der Waals surface area contributed by atoms with Crippen molar-refractivity contribution in [3.05, 3.63) is 0 Å². The van der Waals surface area contributed by atoms with Gasteiger partial charge >= 0.3 is 0 Å². The molecule has 0 amide bonds. The molecular weight excluding hydrogens is 176 g/mol. The summed E-state index contributed by atoms with van der Waals surface area (Å²) in [6, 6.07) is 0. The summed E-state index contributed by atoms with van der Waals surface area (Å²) in [5, 5.41) is 0.332. The SMILES string of the molecule is CC(C)(C)CO[Si](C)(C)C(C)(C)C. The third kappa shape index (κ3) is 4.82. The summed E-state index contributed by atoms with van der Waals surface area (Å²) >= 11 is 0. The van der Waals surface area contributed by atoms with E-state index in [4.69, 9.17) is 4.43 Å². The van der Waals surface area contributed by atoms with Crippen molar-refractivity contribution < 1.29 is 4.43 Å². The van der Waals surface area contributed by atoms with Gasteiger partial charge in [0, 0.05) is 6.61 Å². The van der Waals surface area contributed by atoms with E-state index in [-0.39, 0.29) is 5.41 Å². The summed E-state index contributed by atoms with van der Waals surface area (Å²) in [7, 11) is -1.51. The molecule has 0 fully saturated rings. The lowest BCUT2D eigenvalue weighted by molar-refractivity contribution is 0.181. The third-order valence-electron chi connectivity index (χ3n) is 2.67. The van der Waals surface area contributed by atoms with Crippen molar-refractivity contribution >= 4 is 8.32 Å². The molecule has 0 aromatic carbocycles. The normalized spacial score (nSPS) is 14.8. The second-order valence-corrected chi connectivity index (χ2v) is 11.4. The molecule has 0 spiro atoms. The van der Waals surface area contributed by atoms with Crippen molar-refractivity contribution in [2.24, 2.45) is 5.41 Å². The van der Waals surface area contributed by atoms with Crippen molar-refractivity contribution in [2.75, 3.05) is 6.61 Å². The van der Waals surface area contributed by atoms with E-state index in [1.807, 2.05) is 0 Å². The molecule has 13 heavy (non-hydrogen) atoms. The van der Waals surface area contributed by atoms with E-state index >= 15 is 0 Å². The molecule has 0 heterocycles. The molecule has 0 saturated carbocycles. The molecule has 0 unspecified atom stereocenters. The fourth-order valence-electron chi connectivity index (χ4n) is 0.613. The molecule has 0 aliphatic rings. The van der Waals surface area contributed by atoms with Gasteiger partial charge in [0.05, 0.1) is 0 Å². The van der Waals surface area contributed by atoms with E-state index in [9.17, 15) is 0 Å². The molecular formula is C11H26OSi. The lowest BCUT2D eigenvalue weighted by Gasteiger charge is -2.38. The lowest BCUT2D eigenvalue weighted by Crippen LogP contribution is -2.42. The summed E-state index contributed by atoms with van der Waals surface area (Å²) in [6.45, 7) is 19.0. The van der Waals surface area contributed by atoms with Gasteiger partial charge in [-0.05, 0) is 23.5 Å². The Morgan fingerprint density at radius 1 is 0.923 bits per heavy atom. The van der Waals surface area contributed by atoms with E-state index in [0.29, 0.717) is 5.04 Å². The highest BCUT2D eigenvalue weighted by molar-refractivity contribution is 6.74. The monoisotopic (exact) mass is 202 g/mol. The third-order valence-corrected chi connectivity index (χ3v) is 7.15. The summed E-state index contributed by atoms with van der Waals surface area (Å²) < 4.78 is 6.10. The molecule has 0 aliphatic heterocycles. The van der Waals surface area contributed by atoms with Crippen LogP contribution >= 0.6 is 0 Å². The predicted molar refractivity (Wildman–Crippen MR) is 62.6 cm³/mol. The molecule has 0 aromatic heterocycles. The van der Waals surface area contributed by atoms with Crippen LogP contribution in [0.25, 0.3) is 0 Å². The van der Waals surface area contributed by atoms with E-state index in [0.717, 1.165) is 6.61 Å². The Morgan fingerprint density at radius 3 is 1.54 bits per heavy atom. The van der Waals surface area contributed by atoms with Crippen LogP contribution in [0.3, 0.4) is 0 Å². The molecule has 0 rings (SSSR count). The topological polar surface area (TPSA) is 9.23 Å². The van der Waals surface area contributed by atoms with Crippen LogP contribution in [0.2, 0.25) is 18.1 Å². The Hall–Kier alpha value is 0.177. The highest BCUT2D eigenvalue weighted by Gasteiger charge is 2.37. The summed E-state index contributed by atoms with van der Waals surface area (Å²) in [5.74, 6) is 0. The van der Waals surface area contributed by atoms with Crippen molar-refractivity contribution in [3.63, 3.8) is 0 Å². The smallest absolute Gasteiger partial charge is 0.192 e. The van der Waals surface area contributed by atoms with Crippen LogP contribution in [0.15, 0.2) is 0 Å². The van der Waals surface area contributed by atoms with Gasteiger partial charge in [-0.2, -0.15) is 0 Å². The summed E-state index contributed by atoms with van der Waals surface area (Å²) in [5.41, 5.74) is 0.287. The number of rotatable bonds is 2. The van der Waals surface area contributed by atoms with Crippen LogP contribution in [0.1, 0.15) is 41.5 Å². The van der Waals surface area contributed by atoms with Crippen LogP contribution in [0, 0.1) is 5.41 Å². The molecule has 1 nitrogen and oxygen atoms in total. The van der Waals surface area contributed by atoms with Crippen LogP contribution in [0.4, 0.5) is 0 Å². The quantitative estimate of drug-likeness (QED) is 0.614. The zero-order valence-corrected chi connectivity index (χ0v) is 11.6. The molecule has 80 valence electrons. The Labute approximate surface area is 85.0 Å². The van der Waals surface area contributed by atoms with E-state index in [1.165, 1.54) is 0 Å². The maximum Gasteiger partial charge on any atom is 0.192 e. The fourth-order valence-corrected chi connectivity index (χ4v) is 1.84. The fraction of sp³-hybridized carbons (Fsp3) is 1.00. The minimum Gasteiger partial charge on any atom is -0.416 e. The van der Waals surface area contributed by atoms with Gasteiger partial charge in [-0.15, -0.1) is 0 Å². The molecule has 0 atom stereocenters. The Balaban J connectivity index is 4.21. The minimum absolute atomic E-state index is 0.287. The molecule has 0 aliphatic carbocycles. The van der Waals surface area contributed by atoms with Crippen molar-refractivity contribution in [1.82, 2.24) is 0 Å². The first-order valence-corrected chi connectivity index (χ1v) is 8.00. The highest BCUT2D eigenvalue weighted by atomic mass is 28.4. The van der Waals surface area contributed by atoms with Crippen molar-refractivity contribution in [1.29, 1.82) is 0 Å². The van der Waals surface area contributed by atoms with Gasteiger partial charge in [0.1, 0.15) is 0 Å². The molecule has 0 N–H and O–H groups in total. The zero-order valence-electron chi connectivity index (χ0n) is 10.6. The molecule has 2 heteroatoms. The Morgan fingerprint density at radius 2 is 1.31 bits per heavy atom. The van der Waals surface area contributed by atoms with Crippen LogP contribution in [-0.2, 0) is 4.43 Å². The van der Waals surface area contributed by atoms with Gasteiger partial charge < -0.3 is 4.43 Å². The standard InChI is InChI=1S/C11H26OSi/c1-10(2,3)9-12-13(7,8)11(4,5)6/h9H2,1-8H3. The van der Waals surface area contributed by atoms with Crippen LogP contribution < -0.4 is 0 Å². The van der Waals surface area contributed by atoms with Gasteiger partial charge in [-0.3, -0.25) is 0 Å². The lowest BCUT2D eigenvalue weighted by atomic mass is 9.99. The molecule has 0 saturated heterocycles. The summed E-state index contributed by atoms with van der Waals surface area (Å²) in [4.78, 5) is 0. The second kappa shape index (κ2) is 3.74. The maximum atomic E-state index is 6.10. The van der Waals surface area contributed by atoms with Gasteiger partial charge in [0.15, 0.2) is 8.32 Å². The van der Waals surface area contributed by atoms with Crippen LogP contribution in [-0.4, -0.2) is 14.9 Å². The van der Waals surface area contributed by atoms with Crippen molar-refractivity contribution in [3.8, 4) is 0 Å². The number of hydrogen-bond donors (Lipinski definition) is 0. The molecule has 0 aromatic rings. The zero-order chi connectivity index (χ0) is 10.9. The average Bonchev–Trinajstić information content (AvgIpc) is 1.79. The predicted octanol–water partition coefficient (Wildman–Crippen LogP) is 4.05. The van der Waals surface area contributed by atoms with E-state index < -0.39 is 8.32 Å². The maximum absolute atomic E-state index is 6.10. The molecule has 0 bridgehead atoms. The minimum atomic E-state index is -1.51. The van der Waals surface area contributed by atoms with E-state index in [2.05, 4.69) is 54.6 Å².